The van der Waals surface area contributed by atoms with Crippen LogP contribution in [0.2, 0.25) is 0 Å². The second-order valence-electron chi connectivity index (χ2n) is 11.2. The minimum atomic E-state index is -4.81. The normalized spacial score (nSPS) is 11.8. The molecule has 0 bridgehead atoms. The number of rotatable bonds is 8. The van der Waals surface area contributed by atoms with Crippen LogP contribution in [0.4, 0.5) is 65.9 Å². The van der Waals surface area contributed by atoms with Gasteiger partial charge in [-0.05, 0) is 117 Å². The minimum Gasteiger partial charge on any atom is -0.330 e. The first-order valence-electron chi connectivity index (χ1n) is 15.9. The summed E-state index contributed by atoms with van der Waals surface area (Å²) in [5, 5.41) is 0. The van der Waals surface area contributed by atoms with Crippen LogP contribution in [0.3, 0.4) is 0 Å². The SMILES string of the molecule is NCCc1cc(F)cc(C(F)(F)F)c1.NCCc1ccc(C(F)(F)F)cc1C(F)(F)F.NCCc1cccc(C(F)(F)F)c1F.NCCc1ccccc1F. The molecule has 0 atom stereocenters. The van der Waals surface area contributed by atoms with Crippen molar-refractivity contribution in [2.24, 2.45) is 22.9 Å². The van der Waals surface area contributed by atoms with Crippen LogP contribution in [-0.2, 0) is 50.4 Å². The van der Waals surface area contributed by atoms with Gasteiger partial charge in [-0.3, -0.25) is 0 Å². The summed E-state index contributed by atoms with van der Waals surface area (Å²) < 4.78 is 186. The van der Waals surface area contributed by atoms with E-state index in [-0.39, 0.29) is 67.5 Å². The zero-order valence-electron chi connectivity index (χ0n) is 28.6. The molecule has 306 valence electrons. The Bertz CT molecular complexity index is 1750. The first kappa shape index (κ1) is 48.7. The third-order valence-electron chi connectivity index (χ3n) is 7.04. The van der Waals surface area contributed by atoms with Crippen LogP contribution < -0.4 is 22.9 Å². The summed E-state index contributed by atoms with van der Waals surface area (Å²) >= 11 is 0. The van der Waals surface area contributed by atoms with Gasteiger partial charge in [-0.1, -0.05) is 36.4 Å². The van der Waals surface area contributed by atoms with Gasteiger partial charge in [0.1, 0.15) is 17.5 Å². The van der Waals surface area contributed by atoms with Gasteiger partial charge in [-0.15, -0.1) is 0 Å². The average Bonchev–Trinajstić information content (AvgIpc) is 3.06. The molecule has 8 N–H and O–H groups in total. The highest BCUT2D eigenvalue weighted by atomic mass is 19.4. The highest BCUT2D eigenvalue weighted by molar-refractivity contribution is 5.36. The van der Waals surface area contributed by atoms with E-state index >= 15 is 0 Å². The quantitative estimate of drug-likeness (QED) is 0.133. The van der Waals surface area contributed by atoms with E-state index in [1.54, 1.807) is 12.1 Å². The van der Waals surface area contributed by atoms with Crippen LogP contribution in [0, 0.1) is 17.5 Å². The molecule has 0 radical (unpaired) electrons. The van der Waals surface area contributed by atoms with Crippen molar-refractivity contribution in [2.75, 3.05) is 26.2 Å². The van der Waals surface area contributed by atoms with Crippen molar-refractivity contribution >= 4 is 0 Å². The summed E-state index contributed by atoms with van der Waals surface area (Å²) in [4.78, 5) is 0. The van der Waals surface area contributed by atoms with E-state index in [4.69, 9.17) is 22.9 Å². The Morgan fingerprint density at radius 1 is 0.400 bits per heavy atom. The summed E-state index contributed by atoms with van der Waals surface area (Å²) in [5.74, 6) is -2.26. The van der Waals surface area contributed by atoms with E-state index in [1.807, 2.05) is 6.07 Å². The zero-order chi connectivity index (χ0) is 42.2. The Hall–Kier alpha value is -4.33. The third-order valence-corrected chi connectivity index (χ3v) is 7.04. The summed E-state index contributed by atoms with van der Waals surface area (Å²) in [5.41, 5.74) is 16.6. The highest BCUT2D eigenvalue weighted by Crippen LogP contribution is 2.37. The summed E-state index contributed by atoms with van der Waals surface area (Å²) in [6, 6.07) is 13.9. The number of hydrogen-bond acceptors (Lipinski definition) is 4. The standard InChI is InChI=1S/C10H9F6N.2C9H9F4N.C8H10FN/c11-9(12,13)7-2-1-6(3-4-17)8(5-7)10(14,15)16;10-8-4-6(1-2-14)3-7(5-8)9(11,12)13;10-8-6(4-5-14)2-1-3-7(8)9(11,12)13;9-8-4-2-1-3-7(8)5-6-10/h1-2,5H,3-4,17H2;3-5H,1-2,14H2;1-3H,4-5,14H2;1-4H,5-6,10H2. The Morgan fingerprint density at radius 2 is 0.891 bits per heavy atom. The van der Waals surface area contributed by atoms with Gasteiger partial charge in [0.25, 0.3) is 0 Å². The first-order chi connectivity index (χ1) is 25.4. The molecule has 0 aliphatic carbocycles. The van der Waals surface area contributed by atoms with Gasteiger partial charge in [0.2, 0.25) is 0 Å². The zero-order valence-corrected chi connectivity index (χ0v) is 28.6. The topological polar surface area (TPSA) is 104 Å². The molecule has 4 nitrogen and oxygen atoms in total. The molecular weight excluding hydrogens is 773 g/mol. The molecule has 4 aromatic carbocycles. The fourth-order valence-electron chi connectivity index (χ4n) is 4.52. The predicted octanol–water partition coefficient (Wildman–Crippen LogP) is 9.24. The Kier molecular flexibility index (Phi) is 19.2. The number of alkyl halides is 12. The highest BCUT2D eigenvalue weighted by Gasteiger charge is 2.38. The molecule has 0 saturated carbocycles. The Balaban J connectivity index is 0.000000372. The molecule has 19 heteroatoms. The van der Waals surface area contributed by atoms with Crippen LogP contribution in [0.15, 0.2) is 78.9 Å². The van der Waals surface area contributed by atoms with Crippen molar-refractivity contribution in [2.45, 2.75) is 50.4 Å². The lowest BCUT2D eigenvalue weighted by atomic mass is 10.0. The fraction of sp³-hybridized carbons (Fsp3) is 0.333. The monoisotopic (exact) mass is 810 g/mol. The van der Waals surface area contributed by atoms with Gasteiger partial charge < -0.3 is 22.9 Å². The van der Waals surface area contributed by atoms with Crippen molar-refractivity contribution in [1.82, 2.24) is 0 Å². The second-order valence-corrected chi connectivity index (χ2v) is 11.2. The predicted molar refractivity (Wildman–Crippen MR) is 177 cm³/mol. The van der Waals surface area contributed by atoms with Crippen LogP contribution in [0.1, 0.15) is 44.5 Å². The molecule has 4 rings (SSSR count). The smallest absolute Gasteiger partial charge is 0.330 e. The van der Waals surface area contributed by atoms with Gasteiger partial charge in [0.15, 0.2) is 0 Å². The maximum Gasteiger partial charge on any atom is 0.419 e. The summed E-state index contributed by atoms with van der Waals surface area (Å²) in [6.07, 6.45) is -17.9. The fourth-order valence-corrected chi connectivity index (χ4v) is 4.52. The maximum absolute atomic E-state index is 13.2. The van der Waals surface area contributed by atoms with E-state index < -0.39 is 58.6 Å². The number of halogens is 15. The van der Waals surface area contributed by atoms with Crippen LogP contribution >= 0.6 is 0 Å². The molecule has 0 saturated heterocycles. The van der Waals surface area contributed by atoms with Gasteiger partial charge in [0, 0.05) is 0 Å². The lowest BCUT2D eigenvalue weighted by Crippen LogP contribution is -2.15. The molecule has 0 aromatic heterocycles. The summed E-state index contributed by atoms with van der Waals surface area (Å²) in [7, 11) is 0. The largest absolute Gasteiger partial charge is 0.419 e. The van der Waals surface area contributed by atoms with Crippen LogP contribution in [-0.4, -0.2) is 26.2 Å². The van der Waals surface area contributed by atoms with Crippen molar-refractivity contribution in [3.05, 3.63) is 141 Å². The summed E-state index contributed by atoms with van der Waals surface area (Å²) in [6.45, 7) is 0.758. The number of nitrogens with two attached hydrogens (primary N) is 4. The second kappa shape index (κ2) is 21.7. The molecule has 0 spiro atoms. The first-order valence-corrected chi connectivity index (χ1v) is 15.9. The average molecular weight is 811 g/mol. The van der Waals surface area contributed by atoms with E-state index in [0.717, 1.165) is 24.3 Å². The van der Waals surface area contributed by atoms with Gasteiger partial charge in [-0.2, -0.15) is 52.7 Å². The van der Waals surface area contributed by atoms with E-state index in [0.29, 0.717) is 30.7 Å². The van der Waals surface area contributed by atoms with Crippen molar-refractivity contribution < 1.29 is 65.9 Å². The van der Waals surface area contributed by atoms with Gasteiger partial charge in [-0.25, -0.2) is 13.2 Å². The van der Waals surface area contributed by atoms with Crippen LogP contribution in [0.25, 0.3) is 0 Å². The molecule has 0 aliphatic heterocycles. The van der Waals surface area contributed by atoms with Crippen molar-refractivity contribution in [3.8, 4) is 0 Å². The lowest BCUT2D eigenvalue weighted by Gasteiger charge is -2.15. The minimum absolute atomic E-state index is 0.00215. The molecule has 4 aromatic rings. The Morgan fingerprint density at radius 3 is 1.38 bits per heavy atom. The Labute approximate surface area is 306 Å². The van der Waals surface area contributed by atoms with Gasteiger partial charge in [0.05, 0.1) is 22.3 Å². The molecule has 0 amide bonds. The number of hydrogen-bond donors (Lipinski definition) is 4. The van der Waals surface area contributed by atoms with Crippen molar-refractivity contribution in [1.29, 1.82) is 0 Å². The van der Waals surface area contributed by atoms with E-state index in [1.165, 1.54) is 18.2 Å². The molecular formula is C36H37F15N4. The molecule has 0 unspecified atom stereocenters. The van der Waals surface area contributed by atoms with Crippen LogP contribution in [0.5, 0.6) is 0 Å². The molecule has 0 fully saturated rings. The van der Waals surface area contributed by atoms with E-state index in [9.17, 15) is 65.9 Å². The number of benzene rings is 4. The van der Waals surface area contributed by atoms with Crippen molar-refractivity contribution in [3.63, 3.8) is 0 Å². The maximum atomic E-state index is 13.2. The third kappa shape index (κ3) is 16.9. The molecule has 0 heterocycles. The lowest BCUT2D eigenvalue weighted by molar-refractivity contribution is -0.143. The van der Waals surface area contributed by atoms with Gasteiger partial charge >= 0.3 is 24.7 Å². The molecule has 55 heavy (non-hydrogen) atoms. The molecule has 0 aliphatic rings. The van der Waals surface area contributed by atoms with E-state index in [2.05, 4.69) is 0 Å².